The number of nitrogens with one attached hydrogen (secondary N) is 1. The standard InChI is InChI=1S/C12H15N5OS/c1-17(6-9-3-2-4-14-5-9)7-10-8-19-12(15-10)11(18)16-13/h2-5,8H,6-7,13H2,1H3,(H,16,18). The van der Waals surface area contributed by atoms with Crippen LogP contribution in [0.1, 0.15) is 21.1 Å². The Hall–Kier alpha value is -1.83. The lowest BCUT2D eigenvalue weighted by Crippen LogP contribution is -2.29. The summed E-state index contributed by atoms with van der Waals surface area (Å²) in [6.45, 7) is 1.45. The van der Waals surface area contributed by atoms with E-state index in [1.165, 1.54) is 11.3 Å². The van der Waals surface area contributed by atoms with Crippen LogP contribution in [0.2, 0.25) is 0 Å². The number of hydrogen-bond acceptors (Lipinski definition) is 6. The molecule has 2 rings (SSSR count). The first-order chi connectivity index (χ1) is 9.19. The van der Waals surface area contributed by atoms with E-state index in [0.717, 1.165) is 17.8 Å². The molecule has 0 saturated heterocycles. The van der Waals surface area contributed by atoms with E-state index >= 15 is 0 Å². The van der Waals surface area contributed by atoms with Gasteiger partial charge in [-0.1, -0.05) is 6.07 Å². The molecular formula is C12H15N5OS. The summed E-state index contributed by atoms with van der Waals surface area (Å²) in [5.41, 5.74) is 4.07. The molecule has 19 heavy (non-hydrogen) atoms. The number of aromatic nitrogens is 2. The molecule has 6 nitrogen and oxygen atoms in total. The maximum Gasteiger partial charge on any atom is 0.294 e. The van der Waals surface area contributed by atoms with Crippen LogP contribution in [0.15, 0.2) is 29.9 Å². The van der Waals surface area contributed by atoms with Crippen molar-refractivity contribution in [3.63, 3.8) is 0 Å². The first-order valence-electron chi connectivity index (χ1n) is 5.72. The number of nitrogen functional groups attached to an aromatic ring is 1. The van der Waals surface area contributed by atoms with E-state index in [0.29, 0.717) is 11.6 Å². The van der Waals surface area contributed by atoms with Gasteiger partial charge in [0.2, 0.25) is 0 Å². The summed E-state index contributed by atoms with van der Waals surface area (Å²) in [5.74, 6) is 4.71. The van der Waals surface area contributed by atoms with Crippen molar-refractivity contribution in [1.82, 2.24) is 20.3 Å². The van der Waals surface area contributed by atoms with Crippen LogP contribution in [0.3, 0.4) is 0 Å². The van der Waals surface area contributed by atoms with Gasteiger partial charge in [-0.2, -0.15) is 0 Å². The van der Waals surface area contributed by atoms with E-state index < -0.39 is 0 Å². The average Bonchev–Trinajstić information content (AvgIpc) is 2.87. The molecule has 0 radical (unpaired) electrons. The average molecular weight is 277 g/mol. The summed E-state index contributed by atoms with van der Waals surface area (Å²) in [6, 6.07) is 3.94. The number of hydrogen-bond donors (Lipinski definition) is 2. The number of thiazole rings is 1. The second-order valence-electron chi connectivity index (χ2n) is 4.15. The molecule has 2 heterocycles. The SMILES string of the molecule is CN(Cc1cccnc1)Cc1csc(C(=O)NN)n1. The van der Waals surface area contributed by atoms with E-state index in [2.05, 4.69) is 20.3 Å². The summed E-state index contributed by atoms with van der Waals surface area (Å²) in [6.07, 6.45) is 3.59. The van der Waals surface area contributed by atoms with Crippen molar-refractivity contribution in [2.45, 2.75) is 13.1 Å². The van der Waals surface area contributed by atoms with Crippen molar-refractivity contribution in [2.24, 2.45) is 5.84 Å². The number of rotatable bonds is 5. The predicted octanol–water partition coefficient (Wildman–Crippen LogP) is 0.774. The van der Waals surface area contributed by atoms with Crippen LogP contribution < -0.4 is 11.3 Å². The minimum atomic E-state index is -0.355. The molecule has 0 aliphatic carbocycles. The molecule has 2 aromatic heterocycles. The maximum atomic E-state index is 11.3. The lowest BCUT2D eigenvalue weighted by molar-refractivity contribution is 0.0953. The molecule has 0 fully saturated rings. The van der Waals surface area contributed by atoms with Gasteiger partial charge in [-0.3, -0.25) is 20.1 Å². The summed E-state index contributed by atoms with van der Waals surface area (Å²) >= 11 is 1.29. The van der Waals surface area contributed by atoms with Crippen molar-refractivity contribution in [1.29, 1.82) is 0 Å². The van der Waals surface area contributed by atoms with E-state index in [9.17, 15) is 4.79 Å². The second kappa shape index (κ2) is 6.37. The van der Waals surface area contributed by atoms with Crippen LogP contribution in [-0.2, 0) is 13.1 Å². The fraction of sp³-hybridized carbons (Fsp3) is 0.250. The van der Waals surface area contributed by atoms with Crippen molar-refractivity contribution >= 4 is 17.2 Å². The fourth-order valence-corrected chi connectivity index (χ4v) is 2.39. The molecule has 0 aromatic carbocycles. The Labute approximate surface area is 115 Å². The lowest BCUT2D eigenvalue weighted by Gasteiger charge is -2.14. The Balaban J connectivity index is 1.94. The number of carbonyl (C=O) groups excluding carboxylic acids is 1. The molecule has 0 aliphatic heterocycles. The molecule has 0 spiro atoms. The van der Waals surface area contributed by atoms with Crippen molar-refractivity contribution in [3.05, 3.63) is 46.2 Å². The minimum absolute atomic E-state index is 0.355. The van der Waals surface area contributed by atoms with Gasteiger partial charge >= 0.3 is 0 Å². The van der Waals surface area contributed by atoms with E-state index in [1.807, 2.05) is 30.8 Å². The summed E-state index contributed by atoms with van der Waals surface area (Å²) < 4.78 is 0. The highest BCUT2D eigenvalue weighted by Crippen LogP contribution is 2.12. The van der Waals surface area contributed by atoms with Gasteiger partial charge < -0.3 is 0 Å². The largest absolute Gasteiger partial charge is 0.296 e. The topological polar surface area (TPSA) is 84.1 Å². The Morgan fingerprint density at radius 1 is 1.53 bits per heavy atom. The fourth-order valence-electron chi connectivity index (χ4n) is 1.68. The highest BCUT2D eigenvalue weighted by Gasteiger charge is 2.10. The number of nitrogens with two attached hydrogens (primary N) is 1. The van der Waals surface area contributed by atoms with Gasteiger partial charge in [-0.15, -0.1) is 11.3 Å². The highest BCUT2D eigenvalue weighted by atomic mass is 32.1. The zero-order chi connectivity index (χ0) is 13.7. The van der Waals surface area contributed by atoms with E-state index in [1.54, 1.807) is 6.20 Å². The third-order valence-corrected chi connectivity index (χ3v) is 3.37. The van der Waals surface area contributed by atoms with Crippen molar-refractivity contribution in [3.8, 4) is 0 Å². The third-order valence-electron chi connectivity index (χ3n) is 2.48. The van der Waals surface area contributed by atoms with Gasteiger partial charge in [0.1, 0.15) is 0 Å². The summed E-state index contributed by atoms with van der Waals surface area (Å²) in [7, 11) is 2.00. The molecule has 0 aliphatic rings. The van der Waals surface area contributed by atoms with Crippen LogP contribution in [-0.4, -0.2) is 27.8 Å². The van der Waals surface area contributed by atoms with Gasteiger partial charge in [-0.25, -0.2) is 10.8 Å². The van der Waals surface area contributed by atoms with Crippen LogP contribution in [0.4, 0.5) is 0 Å². The first kappa shape index (κ1) is 13.6. The first-order valence-corrected chi connectivity index (χ1v) is 6.60. The lowest BCUT2D eigenvalue weighted by atomic mass is 10.2. The van der Waals surface area contributed by atoms with Gasteiger partial charge in [0.25, 0.3) is 5.91 Å². The molecule has 0 bridgehead atoms. The Morgan fingerprint density at radius 2 is 2.37 bits per heavy atom. The summed E-state index contributed by atoms with van der Waals surface area (Å²) in [5, 5.41) is 2.25. The predicted molar refractivity (Wildman–Crippen MR) is 73.2 cm³/mol. The van der Waals surface area contributed by atoms with Crippen LogP contribution in [0.5, 0.6) is 0 Å². The smallest absolute Gasteiger partial charge is 0.294 e. The molecule has 0 unspecified atom stereocenters. The zero-order valence-corrected chi connectivity index (χ0v) is 11.4. The van der Waals surface area contributed by atoms with Gasteiger partial charge in [-0.05, 0) is 18.7 Å². The van der Waals surface area contributed by atoms with Crippen LogP contribution in [0.25, 0.3) is 0 Å². The van der Waals surface area contributed by atoms with Crippen LogP contribution in [0, 0.1) is 0 Å². The molecule has 3 N–H and O–H groups in total. The molecule has 2 aromatic rings. The number of carbonyl (C=O) groups is 1. The quantitative estimate of drug-likeness (QED) is 0.479. The number of nitrogens with zero attached hydrogens (tertiary/aromatic N) is 3. The van der Waals surface area contributed by atoms with E-state index in [-0.39, 0.29) is 5.91 Å². The minimum Gasteiger partial charge on any atom is -0.296 e. The third kappa shape index (κ3) is 3.82. The number of hydrazine groups is 1. The van der Waals surface area contributed by atoms with Crippen molar-refractivity contribution in [2.75, 3.05) is 7.05 Å². The summed E-state index contributed by atoms with van der Waals surface area (Å²) in [4.78, 5) is 21.7. The number of pyridine rings is 1. The molecule has 0 atom stereocenters. The normalized spacial score (nSPS) is 10.7. The number of amides is 1. The van der Waals surface area contributed by atoms with Gasteiger partial charge in [0.05, 0.1) is 5.69 Å². The Kier molecular flexibility index (Phi) is 4.56. The molecule has 1 amide bonds. The second-order valence-corrected chi connectivity index (χ2v) is 5.01. The van der Waals surface area contributed by atoms with Crippen molar-refractivity contribution < 1.29 is 4.79 Å². The molecule has 100 valence electrons. The van der Waals surface area contributed by atoms with Crippen LogP contribution >= 0.6 is 11.3 Å². The monoisotopic (exact) mass is 277 g/mol. The maximum absolute atomic E-state index is 11.3. The van der Waals surface area contributed by atoms with Gasteiger partial charge in [0, 0.05) is 30.9 Å². The Morgan fingerprint density at radius 3 is 3.05 bits per heavy atom. The molecular weight excluding hydrogens is 262 g/mol. The highest BCUT2D eigenvalue weighted by molar-refractivity contribution is 7.11. The van der Waals surface area contributed by atoms with E-state index in [4.69, 9.17) is 5.84 Å². The molecule has 0 saturated carbocycles. The Bertz CT molecular complexity index is 542. The molecule has 7 heteroatoms. The zero-order valence-electron chi connectivity index (χ0n) is 10.5. The van der Waals surface area contributed by atoms with Gasteiger partial charge in [0.15, 0.2) is 5.01 Å².